The molecule has 0 unspecified atom stereocenters. The third kappa shape index (κ3) is 5.05. The van der Waals surface area contributed by atoms with Gasteiger partial charge in [-0.25, -0.2) is 0 Å². The normalized spacial score (nSPS) is 10.3. The van der Waals surface area contributed by atoms with Crippen molar-refractivity contribution in [1.29, 1.82) is 0 Å². The molecule has 0 saturated carbocycles. The Morgan fingerprint density at radius 2 is 2.26 bits per heavy atom. The highest BCUT2D eigenvalue weighted by Crippen LogP contribution is 2.28. The average molecular weight is 374 g/mol. The third-order valence-corrected chi connectivity index (χ3v) is 4.83. The molecule has 1 aromatic carbocycles. The minimum absolute atomic E-state index is 0.114. The highest BCUT2D eigenvalue weighted by Gasteiger charge is 2.12. The van der Waals surface area contributed by atoms with Gasteiger partial charge in [-0.3, -0.25) is 14.9 Å². The molecular formula is C12H12ClN5O3S2. The number of carbonyl (C=O) groups excluding carboxylic acids is 1. The number of aromatic nitrogens is 2. The van der Waals surface area contributed by atoms with Gasteiger partial charge in [0, 0.05) is 18.7 Å². The number of nitro benzene ring substituents is 1. The fourth-order valence-corrected chi connectivity index (χ4v) is 3.37. The van der Waals surface area contributed by atoms with Crippen LogP contribution in [0.4, 0.5) is 16.5 Å². The Bertz CT molecular complexity index is 724. The van der Waals surface area contributed by atoms with Gasteiger partial charge in [-0.15, -0.1) is 10.2 Å². The molecule has 0 atom stereocenters. The predicted octanol–water partition coefficient (Wildman–Crippen LogP) is 3.26. The second kappa shape index (κ2) is 8.09. The van der Waals surface area contributed by atoms with Gasteiger partial charge in [0.25, 0.3) is 5.69 Å². The zero-order valence-corrected chi connectivity index (χ0v) is 14.3. The Balaban J connectivity index is 1.90. The average Bonchev–Trinajstić information content (AvgIpc) is 2.95. The lowest BCUT2D eigenvalue weighted by Crippen LogP contribution is -2.14. The molecule has 2 aromatic rings. The number of carbonyl (C=O) groups is 1. The van der Waals surface area contributed by atoms with Crippen LogP contribution >= 0.6 is 34.7 Å². The van der Waals surface area contributed by atoms with Gasteiger partial charge in [0.05, 0.1) is 21.4 Å². The van der Waals surface area contributed by atoms with E-state index in [1.807, 2.05) is 6.92 Å². The third-order valence-electron chi connectivity index (χ3n) is 2.50. The van der Waals surface area contributed by atoms with E-state index in [2.05, 4.69) is 20.8 Å². The van der Waals surface area contributed by atoms with E-state index in [0.29, 0.717) is 15.2 Å². The number of nitrogens with zero attached hydrogens (tertiary/aromatic N) is 3. The first-order chi connectivity index (χ1) is 11.0. The van der Waals surface area contributed by atoms with Crippen molar-refractivity contribution in [2.45, 2.75) is 11.3 Å². The second-order valence-corrected chi connectivity index (χ2v) is 6.77. The molecule has 23 heavy (non-hydrogen) atoms. The van der Waals surface area contributed by atoms with Crippen LogP contribution in [-0.4, -0.2) is 33.3 Å². The molecule has 1 heterocycles. The summed E-state index contributed by atoms with van der Waals surface area (Å²) in [7, 11) is 0. The molecule has 0 aliphatic rings. The van der Waals surface area contributed by atoms with Crippen LogP contribution in [0.15, 0.2) is 22.5 Å². The number of nitro groups is 1. The quantitative estimate of drug-likeness (QED) is 0.435. The van der Waals surface area contributed by atoms with Crippen LogP contribution in [0.3, 0.4) is 0 Å². The molecule has 11 heteroatoms. The van der Waals surface area contributed by atoms with Crippen LogP contribution in [-0.2, 0) is 4.79 Å². The zero-order chi connectivity index (χ0) is 16.8. The Kier molecular flexibility index (Phi) is 6.13. The van der Waals surface area contributed by atoms with Crippen LogP contribution < -0.4 is 10.6 Å². The molecule has 0 aliphatic heterocycles. The molecule has 0 spiro atoms. The number of hydrogen-bond acceptors (Lipinski definition) is 8. The van der Waals surface area contributed by atoms with Crippen LogP contribution in [0.5, 0.6) is 0 Å². The first kappa shape index (κ1) is 17.4. The number of non-ortho nitro benzene ring substituents is 1. The van der Waals surface area contributed by atoms with Gasteiger partial charge in [-0.2, -0.15) is 0 Å². The molecule has 0 bridgehead atoms. The molecule has 0 aliphatic carbocycles. The molecular weight excluding hydrogens is 362 g/mol. The van der Waals surface area contributed by atoms with Crippen molar-refractivity contribution in [3.05, 3.63) is 33.3 Å². The highest BCUT2D eigenvalue weighted by molar-refractivity contribution is 8.01. The minimum atomic E-state index is -0.551. The van der Waals surface area contributed by atoms with Crippen molar-refractivity contribution >= 4 is 57.1 Å². The summed E-state index contributed by atoms with van der Waals surface area (Å²) in [6, 6.07) is 3.87. The zero-order valence-electron chi connectivity index (χ0n) is 11.9. The number of hydrogen-bond donors (Lipinski definition) is 2. The van der Waals surface area contributed by atoms with E-state index in [-0.39, 0.29) is 22.4 Å². The molecule has 122 valence electrons. The first-order valence-electron chi connectivity index (χ1n) is 6.43. The van der Waals surface area contributed by atoms with Gasteiger partial charge >= 0.3 is 0 Å². The van der Waals surface area contributed by atoms with Gasteiger partial charge in [-0.05, 0) is 13.0 Å². The maximum Gasteiger partial charge on any atom is 0.271 e. The van der Waals surface area contributed by atoms with Gasteiger partial charge in [0.2, 0.25) is 11.0 Å². The van der Waals surface area contributed by atoms with Crippen molar-refractivity contribution in [2.75, 3.05) is 22.9 Å². The maximum atomic E-state index is 11.9. The number of rotatable bonds is 7. The van der Waals surface area contributed by atoms with Crippen LogP contribution in [0.25, 0.3) is 0 Å². The molecule has 2 N–H and O–H groups in total. The van der Waals surface area contributed by atoms with Crippen molar-refractivity contribution < 1.29 is 9.72 Å². The molecule has 1 aromatic heterocycles. The molecule has 8 nitrogen and oxygen atoms in total. The fourth-order valence-electron chi connectivity index (χ4n) is 1.52. The summed E-state index contributed by atoms with van der Waals surface area (Å²) in [4.78, 5) is 22.0. The molecule has 2 rings (SSSR count). The number of nitrogens with one attached hydrogen (secondary N) is 2. The lowest BCUT2D eigenvalue weighted by molar-refractivity contribution is -0.384. The number of thioether (sulfide) groups is 1. The van der Waals surface area contributed by atoms with Crippen molar-refractivity contribution in [3.8, 4) is 0 Å². The van der Waals surface area contributed by atoms with Gasteiger partial charge < -0.3 is 10.6 Å². The van der Waals surface area contributed by atoms with E-state index < -0.39 is 4.92 Å². The topological polar surface area (TPSA) is 110 Å². The van der Waals surface area contributed by atoms with E-state index >= 15 is 0 Å². The highest BCUT2D eigenvalue weighted by atomic mass is 35.5. The summed E-state index contributed by atoms with van der Waals surface area (Å²) in [5.74, 6) is -0.153. The smallest absolute Gasteiger partial charge is 0.271 e. The van der Waals surface area contributed by atoms with E-state index in [1.54, 1.807) is 0 Å². The maximum absolute atomic E-state index is 11.9. The Morgan fingerprint density at radius 1 is 1.48 bits per heavy atom. The summed E-state index contributed by atoms with van der Waals surface area (Å²) < 4.78 is 0.672. The molecule has 1 amide bonds. The standard InChI is InChI=1S/C12H12ClN5O3S2/c1-2-14-11-16-17-12(23-11)22-6-10(19)15-9-4-3-7(18(20)21)5-8(9)13/h3-5H,2,6H2,1H3,(H,14,16)(H,15,19). The summed E-state index contributed by atoms with van der Waals surface area (Å²) in [6.07, 6.45) is 0. The number of anilines is 2. The van der Waals surface area contributed by atoms with Crippen LogP contribution in [0.1, 0.15) is 6.92 Å². The largest absolute Gasteiger partial charge is 0.360 e. The van der Waals surface area contributed by atoms with Crippen molar-refractivity contribution in [2.24, 2.45) is 0 Å². The SMILES string of the molecule is CCNc1nnc(SCC(=O)Nc2ccc([N+](=O)[O-])cc2Cl)s1. The Hall–Kier alpha value is -1.91. The Morgan fingerprint density at radius 3 is 2.91 bits per heavy atom. The van der Waals surface area contributed by atoms with E-state index in [4.69, 9.17) is 11.6 Å². The predicted molar refractivity (Wildman–Crippen MR) is 91.5 cm³/mol. The molecule has 0 saturated heterocycles. The van der Waals surface area contributed by atoms with E-state index in [0.717, 1.165) is 6.54 Å². The fraction of sp³-hybridized carbons (Fsp3) is 0.250. The molecule has 0 fully saturated rings. The first-order valence-corrected chi connectivity index (χ1v) is 8.61. The summed E-state index contributed by atoms with van der Waals surface area (Å²) in [5.41, 5.74) is 0.195. The van der Waals surface area contributed by atoms with E-state index in [9.17, 15) is 14.9 Å². The van der Waals surface area contributed by atoms with Gasteiger partial charge in [-0.1, -0.05) is 34.7 Å². The van der Waals surface area contributed by atoms with Gasteiger partial charge in [0.15, 0.2) is 4.34 Å². The van der Waals surface area contributed by atoms with Crippen molar-refractivity contribution in [1.82, 2.24) is 10.2 Å². The lowest BCUT2D eigenvalue weighted by atomic mass is 10.3. The Labute approximate surface area is 144 Å². The van der Waals surface area contributed by atoms with Crippen LogP contribution in [0.2, 0.25) is 5.02 Å². The second-order valence-electron chi connectivity index (χ2n) is 4.16. The number of benzene rings is 1. The minimum Gasteiger partial charge on any atom is -0.360 e. The summed E-state index contributed by atoms with van der Waals surface area (Å²) in [5, 5.41) is 25.0. The lowest BCUT2D eigenvalue weighted by Gasteiger charge is -2.06. The summed E-state index contributed by atoms with van der Waals surface area (Å²) in [6.45, 7) is 2.70. The number of halogens is 1. The van der Waals surface area contributed by atoms with Crippen molar-refractivity contribution in [3.63, 3.8) is 0 Å². The van der Waals surface area contributed by atoms with Gasteiger partial charge in [0.1, 0.15) is 0 Å². The monoisotopic (exact) mass is 373 g/mol. The van der Waals surface area contributed by atoms with E-state index in [1.165, 1.54) is 41.3 Å². The van der Waals surface area contributed by atoms with Crippen LogP contribution in [0, 0.1) is 10.1 Å². The number of amides is 1. The summed E-state index contributed by atoms with van der Waals surface area (Å²) >= 11 is 8.53. The molecule has 0 radical (unpaired) electrons.